The van der Waals surface area contributed by atoms with Gasteiger partial charge in [-0.25, -0.2) is 4.98 Å². The fraction of sp³-hybridized carbons (Fsp3) is 0.357. The standard InChI is InChI=1S/C14H16N4OS/c1-7-4-8(2)11-10(5-7)20-14(17-11)18-13(19)12-15-6-9(3)16-12/h4-5,9H,6H2,1-3H3,(H,15,16)(H,17,18,19). The van der Waals surface area contributed by atoms with E-state index < -0.39 is 0 Å². The highest BCUT2D eigenvalue weighted by Crippen LogP contribution is 2.29. The molecular formula is C14H16N4OS. The number of benzene rings is 1. The number of aliphatic imine (C=N–C) groups is 1. The van der Waals surface area contributed by atoms with E-state index in [1.165, 1.54) is 16.9 Å². The van der Waals surface area contributed by atoms with Crippen LogP contribution in [0.2, 0.25) is 0 Å². The number of carbonyl (C=O) groups is 1. The molecule has 0 saturated carbocycles. The first-order chi connectivity index (χ1) is 9.52. The average molecular weight is 288 g/mol. The number of aryl methyl sites for hydroxylation is 2. The van der Waals surface area contributed by atoms with Gasteiger partial charge < -0.3 is 5.32 Å². The van der Waals surface area contributed by atoms with Gasteiger partial charge in [0.05, 0.1) is 16.8 Å². The molecule has 0 fully saturated rings. The molecule has 5 nitrogen and oxygen atoms in total. The predicted molar refractivity (Wildman–Crippen MR) is 82.6 cm³/mol. The second-order valence-electron chi connectivity index (χ2n) is 5.14. The Labute approximate surface area is 121 Å². The van der Waals surface area contributed by atoms with Gasteiger partial charge in [0.15, 0.2) is 11.0 Å². The van der Waals surface area contributed by atoms with Crippen LogP contribution in [0.15, 0.2) is 17.1 Å². The lowest BCUT2D eigenvalue weighted by Gasteiger charge is -2.04. The van der Waals surface area contributed by atoms with E-state index in [-0.39, 0.29) is 11.9 Å². The normalized spacial score (nSPS) is 17.9. The summed E-state index contributed by atoms with van der Waals surface area (Å²) in [6, 6.07) is 4.40. The Kier molecular flexibility index (Phi) is 3.17. The first-order valence-corrected chi connectivity index (χ1v) is 7.34. The Bertz CT molecular complexity index is 719. The second-order valence-corrected chi connectivity index (χ2v) is 6.17. The zero-order valence-electron chi connectivity index (χ0n) is 11.7. The number of nitrogens with one attached hydrogen (secondary N) is 2. The highest BCUT2D eigenvalue weighted by molar-refractivity contribution is 7.22. The van der Waals surface area contributed by atoms with Crippen molar-refractivity contribution in [3.05, 3.63) is 23.3 Å². The Balaban J connectivity index is 1.85. The van der Waals surface area contributed by atoms with E-state index >= 15 is 0 Å². The van der Waals surface area contributed by atoms with Crippen molar-refractivity contribution in [1.82, 2.24) is 10.3 Å². The van der Waals surface area contributed by atoms with E-state index in [0.29, 0.717) is 17.5 Å². The van der Waals surface area contributed by atoms with E-state index in [4.69, 9.17) is 0 Å². The number of aromatic nitrogens is 1. The van der Waals surface area contributed by atoms with Gasteiger partial charge in [-0.05, 0) is 38.0 Å². The molecule has 20 heavy (non-hydrogen) atoms. The number of nitrogens with zero attached hydrogens (tertiary/aromatic N) is 2. The lowest BCUT2D eigenvalue weighted by atomic mass is 10.1. The lowest BCUT2D eigenvalue weighted by molar-refractivity contribution is -0.110. The van der Waals surface area contributed by atoms with Crippen molar-refractivity contribution in [1.29, 1.82) is 0 Å². The maximum absolute atomic E-state index is 12.1. The minimum absolute atomic E-state index is 0.219. The fourth-order valence-corrected chi connectivity index (χ4v) is 3.31. The number of hydrogen-bond acceptors (Lipinski definition) is 5. The van der Waals surface area contributed by atoms with Gasteiger partial charge in [-0.3, -0.25) is 15.1 Å². The molecule has 0 bridgehead atoms. The number of amidine groups is 1. The maximum Gasteiger partial charge on any atom is 0.292 e. The Hall–Kier alpha value is -1.95. The van der Waals surface area contributed by atoms with E-state index in [2.05, 4.69) is 39.7 Å². The molecule has 6 heteroatoms. The molecule has 2 N–H and O–H groups in total. The van der Waals surface area contributed by atoms with E-state index in [1.807, 2.05) is 13.8 Å². The van der Waals surface area contributed by atoms with Crippen LogP contribution in [-0.4, -0.2) is 29.3 Å². The molecule has 1 aromatic carbocycles. The van der Waals surface area contributed by atoms with Crippen molar-refractivity contribution in [2.75, 3.05) is 11.9 Å². The highest BCUT2D eigenvalue weighted by atomic mass is 32.1. The van der Waals surface area contributed by atoms with E-state index in [1.54, 1.807) is 0 Å². The molecule has 0 spiro atoms. The third kappa shape index (κ3) is 2.38. The van der Waals surface area contributed by atoms with Gasteiger partial charge in [0.1, 0.15) is 0 Å². The summed E-state index contributed by atoms with van der Waals surface area (Å²) in [5.74, 6) is 0.174. The molecular weight excluding hydrogens is 272 g/mol. The molecule has 3 rings (SSSR count). The van der Waals surface area contributed by atoms with Crippen LogP contribution in [0.3, 0.4) is 0 Å². The van der Waals surface area contributed by atoms with Crippen molar-refractivity contribution < 1.29 is 4.79 Å². The third-order valence-electron chi connectivity index (χ3n) is 3.17. The molecule has 1 aliphatic heterocycles. The first-order valence-electron chi connectivity index (χ1n) is 6.53. The largest absolute Gasteiger partial charge is 0.361 e. The van der Waals surface area contributed by atoms with Crippen molar-refractivity contribution >= 4 is 38.4 Å². The summed E-state index contributed by atoms with van der Waals surface area (Å²) in [4.78, 5) is 20.7. The van der Waals surface area contributed by atoms with Crippen LogP contribution in [0.5, 0.6) is 0 Å². The number of hydrogen-bond donors (Lipinski definition) is 2. The summed E-state index contributed by atoms with van der Waals surface area (Å²) >= 11 is 1.49. The molecule has 1 aliphatic rings. The van der Waals surface area contributed by atoms with Gasteiger partial charge in [-0.1, -0.05) is 17.4 Å². The summed E-state index contributed by atoms with van der Waals surface area (Å²) in [7, 11) is 0. The second kappa shape index (κ2) is 4.86. The van der Waals surface area contributed by atoms with Gasteiger partial charge in [0, 0.05) is 6.04 Å². The third-order valence-corrected chi connectivity index (χ3v) is 4.09. The zero-order chi connectivity index (χ0) is 14.3. The molecule has 1 unspecified atom stereocenters. The van der Waals surface area contributed by atoms with Crippen LogP contribution in [0.1, 0.15) is 18.1 Å². The van der Waals surface area contributed by atoms with E-state index in [0.717, 1.165) is 15.8 Å². The minimum Gasteiger partial charge on any atom is -0.361 e. The Morgan fingerprint density at radius 2 is 2.25 bits per heavy atom. The summed E-state index contributed by atoms with van der Waals surface area (Å²) in [5.41, 5.74) is 3.28. The monoisotopic (exact) mass is 288 g/mol. The van der Waals surface area contributed by atoms with Crippen LogP contribution >= 0.6 is 11.3 Å². The maximum atomic E-state index is 12.1. The van der Waals surface area contributed by atoms with Crippen molar-refractivity contribution in [3.8, 4) is 0 Å². The number of anilines is 1. The quantitative estimate of drug-likeness (QED) is 0.890. The van der Waals surface area contributed by atoms with Gasteiger partial charge >= 0.3 is 0 Å². The molecule has 0 radical (unpaired) electrons. The summed E-state index contributed by atoms with van der Waals surface area (Å²) in [6.45, 7) is 6.72. The number of carbonyl (C=O) groups excluding carboxylic acids is 1. The predicted octanol–water partition coefficient (Wildman–Crippen LogP) is 2.24. The Morgan fingerprint density at radius 3 is 2.95 bits per heavy atom. The molecule has 2 heterocycles. The zero-order valence-corrected chi connectivity index (χ0v) is 12.5. The van der Waals surface area contributed by atoms with Crippen molar-refractivity contribution in [3.63, 3.8) is 0 Å². The van der Waals surface area contributed by atoms with Crippen molar-refractivity contribution in [2.24, 2.45) is 4.99 Å². The molecule has 1 amide bonds. The molecule has 2 aromatic rings. The summed E-state index contributed by atoms with van der Waals surface area (Å²) < 4.78 is 1.09. The van der Waals surface area contributed by atoms with Gasteiger partial charge in [0.25, 0.3) is 5.91 Å². The van der Waals surface area contributed by atoms with E-state index in [9.17, 15) is 4.79 Å². The topological polar surface area (TPSA) is 66.4 Å². The number of amides is 1. The molecule has 0 aliphatic carbocycles. The van der Waals surface area contributed by atoms with Gasteiger partial charge in [0.2, 0.25) is 0 Å². The molecule has 1 atom stereocenters. The summed E-state index contributed by atoms with van der Waals surface area (Å²) in [5, 5.41) is 6.47. The van der Waals surface area contributed by atoms with Crippen LogP contribution < -0.4 is 10.6 Å². The van der Waals surface area contributed by atoms with Crippen LogP contribution in [0.4, 0.5) is 5.13 Å². The lowest BCUT2D eigenvalue weighted by Crippen LogP contribution is -2.36. The fourth-order valence-electron chi connectivity index (χ4n) is 2.27. The highest BCUT2D eigenvalue weighted by Gasteiger charge is 2.20. The number of rotatable bonds is 2. The van der Waals surface area contributed by atoms with Crippen LogP contribution in [0, 0.1) is 13.8 Å². The van der Waals surface area contributed by atoms with Gasteiger partial charge in [-0.2, -0.15) is 0 Å². The Morgan fingerprint density at radius 1 is 1.45 bits per heavy atom. The van der Waals surface area contributed by atoms with Crippen LogP contribution in [-0.2, 0) is 4.79 Å². The number of thiazole rings is 1. The molecule has 0 saturated heterocycles. The molecule has 104 valence electrons. The SMILES string of the molecule is Cc1cc(C)c2nc(NC(=O)C3=NCC(C)N3)sc2c1. The number of fused-ring (bicyclic) bond motifs is 1. The summed E-state index contributed by atoms with van der Waals surface area (Å²) in [6.07, 6.45) is 0. The van der Waals surface area contributed by atoms with Crippen LogP contribution in [0.25, 0.3) is 10.2 Å². The average Bonchev–Trinajstić information content (AvgIpc) is 2.95. The van der Waals surface area contributed by atoms with Gasteiger partial charge in [-0.15, -0.1) is 0 Å². The first kappa shape index (κ1) is 13.1. The minimum atomic E-state index is -0.220. The molecule has 1 aromatic heterocycles. The van der Waals surface area contributed by atoms with Crippen molar-refractivity contribution in [2.45, 2.75) is 26.8 Å². The smallest absolute Gasteiger partial charge is 0.292 e.